The molecule has 0 unspecified atom stereocenters. The van der Waals surface area contributed by atoms with Crippen LogP contribution in [0.5, 0.6) is 0 Å². The van der Waals surface area contributed by atoms with Crippen LogP contribution in [0.3, 0.4) is 0 Å². The van der Waals surface area contributed by atoms with Gasteiger partial charge in [-0.25, -0.2) is 0 Å². The van der Waals surface area contributed by atoms with Crippen molar-refractivity contribution in [3.05, 3.63) is 35.6 Å². The van der Waals surface area contributed by atoms with Crippen LogP contribution in [0.15, 0.2) is 28.9 Å². The topological polar surface area (TPSA) is 39.2 Å². The first kappa shape index (κ1) is 10.2. The molecule has 15 heavy (non-hydrogen) atoms. The summed E-state index contributed by atoms with van der Waals surface area (Å²) in [6.07, 6.45) is 5.17. The van der Waals surface area contributed by atoms with Crippen molar-refractivity contribution in [2.45, 2.75) is 26.2 Å². The van der Waals surface area contributed by atoms with Crippen molar-refractivity contribution in [1.29, 1.82) is 0 Å². The second-order valence-corrected chi connectivity index (χ2v) is 3.95. The molecule has 0 saturated heterocycles. The van der Waals surface area contributed by atoms with E-state index in [9.17, 15) is 0 Å². The van der Waals surface area contributed by atoms with E-state index in [0.717, 1.165) is 31.4 Å². The van der Waals surface area contributed by atoms with Gasteiger partial charge in [-0.2, -0.15) is 0 Å². The average molecular weight is 203 g/mol. The van der Waals surface area contributed by atoms with Crippen LogP contribution in [0.1, 0.15) is 24.0 Å². The van der Waals surface area contributed by atoms with E-state index in [1.54, 1.807) is 0 Å². The minimum absolute atomic E-state index is 0.778. The Kier molecular flexibility index (Phi) is 3.07. The number of fused-ring (bicyclic) bond motifs is 1. The Hall–Kier alpha value is -1.28. The lowest BCUT2D eigenvalue weighted by molar-refractivity contribution is 0.613. The molecule has 0 amide bonds. The first-order valence-electron chi connectivity index (χ1n) is 5.48. The number of benzene rings is 1. The number of hydrogen-bond donors (Lipinski definition) is 1. The van der Waals surface area contributed by atoms with Gasteiger partial charge in [-0.3, -0.25) is 0 Å². The summed E-state index contributed by atoms with van der Waals surface area (Å²) in [5.74, 6) is 0. The third kappa shape index (κ3) is 2.05. The summed E-state index contributed by atoms with van der Waals surface area (Å²) in [5, 5.41) is 1.29. The number of unbranched alkanes of at least 4 members (excludes halogenated alkanes) is 1. The lowest BCUT2D eigenvalue weighted by atomic mass is 10.0. The third-order valence-electron chi connectivity index (χ3n) is 2.77. The molecule has 0 aliphatic heterocycles. The summed E-state index contributed by atoms with van der Waals surface area (Å²) in [6, 6.07) is 6.26. The Bertz CT molecular complexity index is 445. The highest BCUT2D eigenvalue weighted by atomic mass is 16.3. The average Bonchev–Trinajstić information content (AvgIpc) is 2.62. The summed E-state index contributed by atoms with van der Waals surface area (Å²) < 4.78 is 5.47. The molecule has 0 atom stereocenters. The molecular formula is C13H17NO. The highest BCUT2D eigenvalue weighted by molar-refractivity contribution is 5.84. The SMILES string of the molecule is Cc1coc2cccc(CCCCN)c12. The zero-order valence-corrected chi connectivity index (χ0v) is 9.12. The van der Waals surface area contributed by atoms with Gasteiger partial charge in [0.05, 0.1) is 6.26 Å². The van der Waals surface area contributed by atoms with Gasteiger partial charge in [0, 0.05) is 5.39 Å². The molecule has 0 saturated carbocycles. The van der Waals surface area contributed by atoms with Crippen LogP contribution in [-0.2, 0) is 6.42 Å². The van der Waals surface area contributed by atoms with E-state index in [2.05, 4.69) is 19.1 Å². The van der Waals surface area contributed by atoms with Crippen molar-refractivity contribution in [2.24, 2.45) is 5.73 Å². The molecule has 0 aliphatic rings. The van der Waals surface area contributed by atoms with Crippen molar-refractivity contribution < 1.29 is 4.42 Å². The number of nitrogens with two attached hydrogens (primary N) is 1. The predicted molar refractivity (Wildman–Crippen MR) is 62.9 cm³/mol. The fourth-order valence-corrected chi connectivity index (χ4v) is 2.00. The first-order chi connectivity index (χ1) is 7.33. The number of rotatable bonds is 4. The minimum Gasteiger partial charge on any atom is -0.464 e. The summed E-state index contributed by atoms with van der Waals surface area (Å²) in [4.78, 5) is 0. The molecule has 1 aromatic carbocycles. The Morgan fingerprint density at radius 3 is 2.93 bits per heavy atom. The van der Waals surface area contributed by atoms with E-state index in [0.29, 0.717) is 0 Å². The van der Waals surface area contributed by atoms with Gasteiger partial charge in [0.1, 0.15) is 5.58 Å². The Labute approximate surface area is 90.1 Å². The maximum atomic E-state index is 5.50. The maximum Gasteiger partial charge on any atom is 0.134 e. The zero-order valence-electron chi connectivity index (χ0n) is 9.12. The van der Waals surface area contributed by atoms with Crippen molar-refractivity contribution in [1.82, 2.24) is 0 Å². The summed E-state index contributed by atoms with van der Waals surface area (Å²) in [7, 11) is 0. The van der Waals surface area contributed by atoms with E-state index < -0.39 is 0 Å². The molecule has 2 rings (SSSR count). The molecule has 2 N–H and O–H groups in total. The molecular weight excluding hydrogens is 186 g/mol. The van der Waals surface area contributed by atoms with E-state index in [1.165, 1.54) is 16.5 Å². The van der Waals surface area contributed by atoms with E-state index >= 15 is 0 Å². The maximum absolute atomic E-state index is 5.50. The molecule has 2 heteroatoms. The fraction of sp³-hybridized carbons (Fsp3) is 0.385. The van der Waals surface area contributed by atoms with E-state index in [4.69, 9.17) is 10.2 Å². The summed E-state index contributed by atoms with van der Waals surface area (Å²) in [5.41, 5.74) is 9.11. The van der Waals surface area contributed by atoms with Crippen LogP contribution in [-0.4, -0.2) is 6.54 Å². The largest absolute Gasteiger partial charge is 0.464 e. The van der Waals surface area contributed by atoms with Crippen LogP contribution in [0.2, 0.25) is 0 Å². The molecule has 2 aromatic rings. The highest BCUT2D eigenvalue weighted by Gasteiger charge is 2.06. The third-order valence-corrected chi connectivity index (χ3v) is 2.77. The molecule has 0 spiro atoms. The van der Waals surface area contributed by atoms with Crippen LogP contribution < -0.4 is 5.73 Å². The molecule has 0 bridgehead atoms. The lowest BCUT2D eigenvalue weighted by Gasteiger charge is -2.02. The van der Waals surface area contributed by atoms with Crippen LogP contribution >= 0.6 is 0 Å². The van der Waals surface area contributed by atoms with Gasteiger partial charge in [-0.1, -0.05) is 12.1 Å². The lowest BCUT2D eigenvalue weighted by Crippen LogP contribution is -1.99. The van der Waals surface area contributed by atoms with Gasteiger partial charge >= 0.3 is 0 Å². The molecule has 2 nitrogen and oxygen atoms in total. The highest BCUT2D eigenvalue weighted by Crippen LogP contribution is 2.25. The Balaban J connectivity index is 2.29. The van der Waals surface area contributed by atoms with E-state index in [1.807, 2.05) is 12.3 Å². The van der Waals surface area contributed by atoms with Crippen molar-refractivity contribution in [3.8, 4) is 0 Å². The van der Waals surface area contributed by atoms with Gasteiger partial charge < -0.3 is 10.2 Å². The van der Waals surface area contributed by atoms with Crippen molar-refractivity contribution >= 4 is 11.0 Å². The smallest absolute Gasteiger partial charge is 0.134 e. The Morgan fingerprint density at radius 1 is 1.27 bits per heavy atom. The number of hydrogen-bond acceptors (Lipinski definition) is 2. The molecule has 0 aliphatic carbocycles. The molecule has 0 radical (unpaired) electrons. The Morgan fingerprint density at radius 2 is 2.13 bits per heavy atom. The van der Waals surface area contributed by atoms with Crippen molar-refractivity contribution in [2.75, 3.05) is 6.54 Å². The number of aryl methyl sites for hydroxylation is 2. The molecule has 1 aromatic heterocycles. The van der Waals surface area contributed by atoms with Crippen molar-refractivity contribution in [3.63, 3.8) is 0 Å². The molecule has 80 valence electrons. The van der Waals surface area contributed by atoms with Crippen LogP contribution in [0.4, 0.5) is 0 Å². The number of furan rings is 1. The normalized spacial score (nSPS) is 11.1. The van der Waals surface area contributed by atoms with Gasteiger partial charge in [-0.05, 0) is 49.9 Å². The molecule has 1 heterocycles. The predicted octanol–water partition coefficient (Wildman–Crippen LogP) is 3.02. The summed E-state index contributed by atoms with van der Waals surface area (Å²) >= 11 is 0. The quantitative estimate of drug-likeness (QED) is 0.776. The van der Waals surface area contributed by atoms with Gasteiger partial charge in [0.2, 0.25) is 0 Å². The van der Waals surface area contributed by atoms with Gasteiger partial charge in [0.15, 0.2) is 0 Å². The molecule has 0 fully saturated rings. The zero-order chi connectivity index (χ0) is 10.7. The van der Waals surface area contributed by atoms with Crippen LogP contribution in [0, 0.1) is 6.92 Å². The van der Waals surface area contributed by atoms with E-state index in [-0.39, 0.29) is 0 Å². The monoisotopic (exact) mass is 203 g/mol. The second-order valence-electron chi connectivity index (χ2n) is 3.95. The summed E-state index contributed by atoms with van der Waals surface area (Å²) in [6.45, 7) is 2.87. The fourth-order valence-electron chi connectivity index (χ4n) is 2.00. The van der Waals surface area contributed by atoms with Gasteiger partial charge in [0.25, 0.3) is 0 Å². The first-order valence-corrected chi connectivity index (χ1v) is 5.48. The van der Waals surface area contributed by atoms with Crippen LogP contribution in [0.25, 0.3) is 11.0 Å². The standard InChI is InChI=1S/C13H17NO/c1-10-9-15-12-7-4-6-11(13(10)12)5-2-3-8-14/h4,6-7,9H,2-3,5,8,14H2,1H3. The van der Waals surface area contributed by atoms with Gasteiger partial charge in [-0.15, -0.1) is 0 Å². The second kappa shape index (κ2) is 4.49. The minimum atomic E-state index is 0.778.